The van der Waals surface area contributed by atoms with Gasteiger partial charge in [0.1, 0.15) is 41.8 Å². The third kappa shape index (κ3) is 13.0. The number of nitriles is 1. The van der Waals surface area contributed by atoms with E-state index in [1.54, 1.807) is 54.6 Å². The van der Waals surface area contributed by atoms with Gasteiger partial charge in [-0.25, -0.2) is 14.8 Å². The van der Waals surface area contributed by atoms with Gasteiger partial charge in [0.05, 0.1) is 43.4 Å². The number of nitrogens with zero attached hydrogens (tertiary/aromatic N) is 4. The lowest BCUT2D eigenvalue weighted by Gasteiger charge is -2.25. The predicted octanol–water partition coefficient (Wildman–Crippen LogP) is 8.94. The number of carbonyl (C=O) groups excluding carboxylic acids is 2. The maximum atomic E-state index is 12.4. The van der Waals surface area contributed by atoms with Crippen LogP contribution in [0.3, 0.4) is 0 Å². The number of ether oxygens (including phenoxy) is 4. The number of thioether (sulfide) groups is 1. The van der Waals surface area contributed by atoms with Crippen LogP contribution in [0.4, 0.5) is 0 Å². The minimum atomic E-state index is -0.576. The average molecular weight is 763 g/mol. The van der Waals surface area contributed by atoms with Gasteiger partial charge < -0.3 is 28.9 Å². The molecule has 1 aromatic heterocycles. The highest BCUT2D eigenvalue weighted by atomic mass is 35.5. The van der Waals surface area contributed by atoms with Crippen molar-refractivity contribution in [2.24, 2.45) is 11.1 Å². The fourth-order valence-electron chi connectivity index (χ4n) is 5.31. The summed E-state index contributed by atoms with van der Waals surface area (Å²) in [5.41, 5.74) is 3.21. The second-order valence-corrected chi connectivity index (χ2v) is 13.3. The quantitative estimate of drug-likeness (QED) is 0.0369. The van der Waals surface area contributed by atoms with Crippen LogP contribution in [0.25, 0.3) is 5.57 Å². The molecule has 12 nitrogen and oxygen atoms in total. The molecule has 3 aromatic rings. The minimum Gasteiger partial charge on any atom is -0.511 e. The number of aliphatic hydroxyl groups is 1. The maximum absolute atomic E-state index is 12.4. The second kappa shape index (κ2) is 22.6. The summed E-state index contributed by atoms with van der Waals surface area (Å²) in [7, 11) is 2.71. The number of aliphatic hydroxyl groups excluding tert-OH is 1. The van der Waals surface area contributed by atoms with E-state index in [9.17, 15) is 20.0 Å². The van der Waals surface area contributed by atoms with E-state index < -0.39 is 5.97 Å². The molecule has 14 heteroatoms. The van der Waals surface area contributed by atoms with E-state index >= 15 is 0 Å². The molecule has 0 fully saturated rings. The molecule has 1 aliphatic rings. The van der Waals surface area contributed by atoms with Gasteiger partial charge in [0.2, 0.25) is 11.8 Å². The number of aromatic nitrogens is 2. The summed E-state index contributed by atoms with van der Waals surface area (Å²) in [6.07, 6.45) is 6.64. The van der Waals surface area contributed by atoms with Crippen molar-refractivity contribution in [2.75, 3.05) is 26.6 Å². The molecule has 1 aliphatic carbocycles. The van der Waals surface area contributed by atoms with E-state index in [0.717, 1.165) is 12.2 Å². The van der Waals surface area contributed by atoms with Crippen LogP contribution in [0.5, 0.6) is 23.3 Å². The number of rotatable bonds is 16. The predicted molar refractivity (Wildman–Crippen MR) is 205 cm³/mol. The zero-order valence-corrected chi connectivity index (χ0v) is 31.9. The topological polar surface area (TPSA) is 162 Å². The number of esters is 1. The van der Waals surface area contributed by atoms with E-state index in [2.05, 4.69) is 35.0 Å². The van der Waals surface area contributed by atoms with Crippen molar-refractivity contribution < 1.29 is 38.5 Å². The van der Waals surface area contributed by atoms with Crippen LogP contribution in [0.2, 0.25) is 0 Å². The van der Waals surface area contributed by atoms with E-state index in [1.807, 2.05) is 18.7 Å². The second-order valence-electron chi connectivity index (χ2n) is 11.3. The largest absolute Gasteiger partial charge is 0.511 e. The smallest absolute Gasteiger partial charge is 0.341 e. The number of hydrogen-bond donors (Lipinski definition) is 1. The molecule has 4 rings (SSSR count). The highest BCUT2D eigenvalue weighted by molar-refractivity contribution is 7.99. The number of ketones is 1. The number of methoxy groups -OCH3 is 2. The summed E-state index contributed by atoms with van der Waals surface area (Å²) < 4.78 is 21.4. The van der Waals surface area contributed by atoms with Gasteiger partial charge in [-0.3, -0.25) is 4.79 Å². The van der Waals surface area contributed by atoms with Gasteiger partial charge in [0, 0.05) is 29.2 Å². The van der Waals surface area contributed by atoms with Gasteiger partial charge in [-0.2, -0.15) is 17.0 Å². The first-order chi connectivity index (χ1) is 25.7. The van der Waals surface area contributed by atoms with Crippen molar-refractivity contribution in [1.82, 2.24) is 9.97 Å². The molecule has 0 amide bonds. The SMILES string of the molecule is CCSC(C)CC1CC(=O)C(/C(CC)=N/OC/C=C/Cl)=C(O)C1.CO/C=C(/C(=O)OC)c1ccccc1Oc1cc(Oc2ccccc2C#N)ncn1. The van der Waals surface area contributed by atoms with Crippen LogP contribution in [0, 0.1) is 17.2 Å². The Balaban J connectivity index is 0.000000297. The Morgan fingerprint density at radius 3 is 2.40 bits per heavy atom. The fourth-order valence-corrected chi connectivity index (χ4v) is 6.36. The lowest BCUT2D eigenvalue weighted by atomic mass is 9.82. The van der Waals surface area contributed by atoms with Crippen molar-refractivity contribution in [2.45, 2.75) is 51.7 Å². The summed E-state index contributed by atoms with van der Waals surface area (Å²) in [5.74, 6) is 1.90. The highest BCUT2D eigenvalue weighted by Crippen LogP contribution is 2.34. The number of hydrogen-bond acceptors (Lipinski definition) is 13. The summed E-state index contributed by atoms with van der Waals surface area (Å²) >= 11 is 7.30. The maximum Gasteiger partial charge on any atom is 0.341 e. The van der Waals surface area contributed by atoms with E-state index in [1.165, 1.54) is 38.4 Å². The summed E-state index contributed by atoms with van der Waals surface area (Å²) in [4.78, 5) is 37.8. The standard InChI is InChI=1S/C22H17N3O5.C17H26ClNO3S/c1-27-13-17(22(26)28-2)16-8-4-6-10-19(16)30-21-11-20(24-14-25-21)29-18-9-5-3-7-15(18)12-23;1-4-14(19-22-8-6-7-18)17-15(20)10-13(11-16(17)21)9-12(3)23-5-2/h3-11,13-14H,1-2H3;6-7,12-13,20H,4-5,8-11H2,1-3H3/b17-13+;7-6+,19-14+. The molecule has 0 saturated heterocycles. The van der Waals surface area contributed by atoms with E-state index in [0.29, 0.717) is 58.4 Å². The first-order valence-electron chi connectivity index (χ1n) is 16.8. The van der Waals surface area contributed by atoms with Crippen LogP contribution in [0.1, 0.15) is 57.6 Å². The number of para-hydroxylation sites is 2. The fraction of sp³-hybridized carbons (Fsp3) is 0.333. The van der Waals surface area contributed by atoms with Gasteiger partial charge in [-0.1, -0.05) is 67.9 Å². The van der Waals surface area contributed by atoms with E-state index in [-0.39, 0.29) is 41.4 Å². The molecule has 0 spiro atoms. The summed E-state index contributed by atoms with van der Waals surface area (Å²) in [6, 6.07) is 17.2. The minimum absolute atomic E-state index is 0.0375. The average Bonchev–Trinajstić information content (AvgIpc) is 3.15. The van der Waals surface area contributed by atoms with Gasteiger partial charge in [-0.15, -0.1) is 0 Å². The molecule has 0 saturated carbocycles. The number of halogens is 1. The van der Waals surface area contributed by atoms with Crippen LogP contribution in [-0.4, -0.2) is 64.4 Å². The first kappa shape index (κ1) is 42.1. The van der Waals surface area contributed by atoms with E-state index in [4.69, 9.17) is 35.4 Å². The molecule has 0 bridgehead atoms. The zero-order valence-electron chi connectivity index (χ0n) is 30.3. The molecular formula is C39H43ClN4O8S. The van der Waals surface area contributed by atoms with Crippen molar-refractivity contribution in [3.05, 3.63) is 101 Å². The molecule has 1 N–H and O–H groups in total. The third-order valence-corrected chi connectivity index (χ3v) is 8.84. The monoisotopic (exact) mass is 762 g/mol. The summed E-state index contributed by atoms with van der Waals surface area (Å²) in [6.45, 7) is 6.43. The van der Waals surface area contributed by atoms with Crippen molar-refractivity contribution in [3.63, 3.8) is 0 Å². The van der Waals surface area contributed by atoms with Gasteiger partial charge in [-0.05, 0) is 48.8 Å². The van der Waals surface area contributed by atoms with Crippen molar-refractivity contribution >= 4 is 46.4 Å². The molecule has 280 valence electrons. The number of oxime groups is 1. The van der Waals surface area contributed by atoms with Crippen LogP contribution >= 0.6 is 23.4 Å². The number of allylic oxidation sites excluding steroid dienone is 2. The Bertz CT molecular complexity index is 1860. The molecular weight excluding hydrogens is 720 g/mol. The van der Waals surface area contributed by atoms with Crippen molar-refractivity contribution in [3.8, 4) is 29.3 Å². The molecule has 53 heavy (non-hydrogen) atoms. The molecule has 2 aromatic carbocycles. The first-order valence-corrected chi connectivity index (χ1v) is 18.3. The van der Waals surface area contributed by atoms with Gasteiger partial charge in [0.15, 0.2) is 5.78 Å². The van der Waals surface area contributed by atoms with Crippen LogP contribution < -0.4 is 9.47 Å². The zero-order chi connectivity index (χ0) is 38.6. The molecule has 0 radical (unpaired) electrons. The lowest BCUT2D eigenvalue weighted by molar-refractivity contribution is -0.133. The Kier molecular flexibility index (Phi) is 17.9. The van der Waals surface area contributed by atoms with Gasteiger partial charge in [0.25, 0.3) is 0 Å². The Morgan fingerprint density at radius 1 is 1.09 bits per heavy atom. The normalized spacial score (nSPS) is 15.2. The molecule has 1 heterocycles. The number of carbonyl (C=O) groups is 2. The molecule has 2 atom stereocenters. The third-order valence-electron chi connectivity index (χ3n) is 7.57. The molecule has 0 aliphatic heterocycles. The lowest BCUT2D eigenvalue weighted by Crippen LogP contribution is -2.26. The molecule has 2 unspecified atom stereocenters. The highest BCUT2D eigenvalue weighted by Gasteiger charge is 2.31. The Labute approximate surface area is 319 Å². The number of Topliss-reactive ketones (excluding diaryl/α,β-unsaturated/α-hetero) is 1. The Morgan fingerprint density at radius 2 is 1.77 bits per heavy atom. The van der Waals surface area contributed by atoms with Crippen LogP contribution in [-0.2, 0) is 23.9 Å². The Hall–Kier alpha value is -5.32. The summed E-state index contributed by atoms with van der Waals surface area (Å²) in [5, 5.41) is 24.0. The van der Waals surface area contributed by atoms with Gasteiger partial charge >= 0.3 is 5.97 Å². The number of benzene rings is 2. The van der Waals surface area contributed by atoms with Crippen molar-refractivity contribution in [1.29, 1.82) is 5.26 Å². The van der Waals surface area contributed by atoms with Crippen LogP contribution in [0.15, 0.2) is 95.3 Å².